The van der Waals surface area contributed by atoms with Crippen LogP contribution in [-0.2, 0) is 0 Å². The first-order valence-corrected chi connectivity index (χ1v) is 7.65. The Bertz CT molecular complexity index is 299. The van der Waals surface area contributed by atoms with Gasteiger partial charge < -0.3 is 9.73 Å². The maximum absolute atomic E-state index is 5.25. The Morgan fingerprint density at radius 3 is 2.67 bits per heavy atom. The van der Waals surface area contributed by atoms with Crippen LogP contribution in [0.4, 0.5) is 0 Å². The molecule has 1 aromatic rings. The number of hydrogen-bond donors (Lipinski definition) is 1. The van der Waals surface area contributed by atoms with Crippen molar-refractivity contribution in [3.8, 4) is 0 Å². The summed E-state index contributed by atoms with van der Waals surface area (Å²) in [7, 11) is 0. The molecule has 18 heavy (non-hydrogen) atoms. The minimum Gasteiger partial charge on any atom is -0.472 e. The number of hydrogen-bond acceptors (Lipinski definition) is 2. The molecule has 0 aromatic carbocycles. The molecule has 1 fully saturated rings. The third kappa shape index (κ3) is 4.16. The second kappa shape index (κ2) is 7.63. The van der Waals surface area contributed by atoms with Crippen LogP contribution in [0.5, 0.6) is 0 Å². The molecule has 1 unspecified atom stereocenters. The average molecular weight is 249 g/mol. The Morgan fingerprint density at radius 1 is 1.28 bits per heavy atom. The third-order valence-electron chi connectivity index (χ3n) is 4.13. The molecule has 2 heteroatoms. The zero-order chi connectivity index (χ0) is 12.6. The van der Waals surface area contributed by atoms with Crippen LogP contribution in [0.3, 0.4) is 0 Å². The molecule has 1 aliphatic carbocycles. The quantitative estimate of drug-likeness (QED) is 0.740. The predicted molar refractivity (Wildman–Crippen MR) is 75.6 cm³/mol. The molecule has 1 N–H and O–H groups in total. The summed E-state index contributed by atoms with van der Waals surface area (Å²) in [5, 5.41) is 3.68. The fraction of sp³-hybridized carbons (Fsp3) is 0.750. The average Bonchev–Trinajstić information content (AvgIpc) is 2.80. The molecule has 1 aliphatic rings. The summed E-state index contributed by atoms with van der Waals surface area (Å²) in [6, 6.07) is 2.61. The molecule has 102 valence electrons. The molecule has 1 heterocycles. The van der Waals surface area contributed by atoms with Crippen LogP contribution in [0.1, 0.15) is 69.9 Å². The van der Waals surface area contributed by atoms with Gasteiger partial charge in [0, 0.05) is 11.6 Å². The van der Waals surface area contributed by atoms with Crippen molar-refractivity contribution in [3.05, 3.63) is 24.2 Å². The molecule has 0 bridgehead atoms. The molecule has 1 aromatic heterocycles. The smallest absolute Gasteiger partial charge is 0.0950 e. The SMILES string of the molecule is CCCNC(CC1CCCCCC1)c1ccoc1. The summed E-state index contributed by atoms with van der Waals surface area (Å²) >= 11 is 0. The van der Waals surface area contributed by atoms with Gasteiger partial charge in [-0.05, 0) is 31.4 Å². The molecule has 0 radical (unpaired) electrons. The fourth-order valence-electron chi connectivity index (χ4n) is 3.06. The maximum atomic E-state index is 5.25. The van der Waals surface area contributed by atoms with Gasteiger partial charge in [0.2, 0.25) is 0 Å². The van der Waals surface area contributed by atoms with Gasteiger partial charge in [-0.1, -0.05) is 45.4 Å². The summed E-state index contributed by atoms with van der Waals surface area (Å²) in [4.78, 5) is 0. The summed E-state index contributed by atoms with van der Waals surface area (Å²) in [5.74, 6) is 0.900. The van der Waals surface area contributed by atoms with E-state index in [4.69, 9.17) is 4.42 Å². The van der Waals surface area contributed by atoms with Crippen molar-refractivity contribution in [2.75, 3.05) is 6.54 Å². The highest BCUT2D eigenvalue weighted by molar-refractivity contribution is 5.11. The van der Waals surface area contributed by atoms with Crippen LogP contribution in [0.25, 0.3) is 0 Å². The van der Waals surface area contributed by atoms with E-state index in [0.717, 1.165) is 12.5 Å². The van der Waals surface area contributed by atoms with Crippen LogP contribution in [0.2, 0.25) is 0 Å². The van der Waals surface area contributed by atoms with E-state index in [1.165, 1.54) is 56.9 Å². The Balaban J connectivity index is 1.91. The molecule has 0 aliphatic heterocycles. The lowest BCUT2D eigenvalue weighted by Gasteiger charge is -2.23. The molecule has 0 amide bonds. The lowest BCUT2D eigenvalue weighted by atomic mass is 9.90. The highest BCUT2D eigenvalue weighted by atomic mass is 16.3. The number of nitrogens with one attached hydrogen (secondary N) is 1. The van der Waals surface area contributed by atoms with Crippen LogP contribution in [-0.4, -0.2) is 6.54 Å². The van der Waals surface area contributed by atoms with Gasteiger partial charge in [-0.3, -0.25) is 0 Å². The highest BCUT2D eigenvalue weighted by Crippen LogP contribution is 2.31. The Hall–Kier alpha value is -0.760. The second-order valence-electron chi connectivity index (χ2n) is 5.66. The van der Waals surface area contributed by atoms with Gasteiger partial charge in [0.15, 0.2) is 0 Å². The van der Waals surface area contributed by atoms with E-state index in [-0.39, 0.29) is 0 Å². The molecule has 2 nitrogen and oxygen atoms in total. The van der Waals surface area contributed by atoms with Gasteiger partial charge >= 0.3 is 0 Å². The standard InChI is InChI=1S/C16H27NO/c1-2-10-17-16(15-9-11-18-13-15)12-14-7-5-3-4-6-8-14/h9,11,13-14,16-17H,2-8,10,12H2,1H3. The van der Waals surface area contributed by atoms with Crippen molar-refractivity contribution in [2.45, 2.75) is 64.3 Å². The molecule has 0 saturated heterocycles. The maximum Gasteiger partial charge on any atom is 0.0950 e. The van der Waals surface area contributed by atoms with Gasteiger partial charge in [-0.2, -0.15) is 0 Å². The van der Waals surface area contributed by atoms with E-state index >= 15 is 0 Å². The predicted octanol–water partition coefficient (Wildman–Crippen LogP) is 4.68. The molecule has 2 rings (SSSR count). The van der Waals surface area contributed by atoms with Crippen molar-refractivity contribution in [1.82, 2.24) is 5.32 Å². The zero-order valence-electron chi connectivity index (χ0n) is 11.7. The third-order valence-corrected chi connectivity index (χ3v) is 4.13. The van der Waals surface area contributed by atoms with E-state index in [9.17, 15) is 0 Å². The lowest BCUT2D eigenvalue weighted by Crippen LogP contribution is -2.24. The first-order valence-electron chi connectivity index (χ1n) is 7.65. The fourth-order valence-corrected chi connectivity index (χ4v) is 3.06. The van der Waals surface area contributed by atoms with Crippen molar-refractivity contribution in [2.24, 2.45) is 5.92 Å². The molecular formula is C16H27NO. The van der Waals surface area contributed by atoms with Crippen LogP contribution >= 0.6 is 0 Å². The summed E-state index contributed by atoms with van der Waals surface area (Å²) < 4.78 is 5.25. The summed E-state index contributed by atoms with van der Waals surface area (Å²) in [6.45, 7) is 3.33. The molecule has 1 saturated carbocycles. The van der Waals surface area contributed by atoms with Gasteiger partial charge in [0.1, 0.15) is 0 Å². The Kier molecular flexibility index (Phi) is 5.79. The van der Waals surface area contributed by atoms with Crippen molar-refractivity contribution in [1.29, 1.82) is 0 Å². The van der Waals surface area contributed by atoms with E-state index in [1.807, 2.05) is 6.26 Å². The Morgan fingerprint density at radius 2 is 2.06 bits per heavy atom. The normalized spacial score (nSPS) is 19.6. The van der Waals surface area contributed by atoms with Crippen molar-refractivity contribution in [3.63, 3.8) is 0 Å². The van der Waals surface area contributed by atoms with Crippen LogP contribution in [0.15, 0.2) is 23.0 Å². The minimum absolute atomic E-state index is 0.492. The molecule has 1 atom stereocenters. The zero-order valence-corrected chi connectivity index (χ0v) is 11.7. The van der Waals surface area contributed by atoms with Crippen molar-refractivity contribution >= 4 is 0 Å². The highest BCUT2D eigenvalue weighted by Gasteiger charge is 2.19. The summed E-state index contributed by atoms with van der Waals surface area (Å²) in [6.07, 6.45) is 14.7. The van der Waals surface area contributed by atoms with E-state index in [1.54, 1.807) is 6.26 Å². The first-order chi connectivity index (χ1) is 8.90. The molecule has 0 spiro atoms. The topological polar surface area (TPSA) is 25.2 Å². The lowest BCUT2D eigenvalue weighted by molar-refractivity contribution is 0.355. The van der Waals surface area contributed by atoms with Gasteiger partial charge in [-0.25, -0.2) is 0 Å². The monoisotopic (exact) mass is 249 g/mol. The van der Waals surface area contributed by atoms with Crippen LogP contribution in [0, 0.1) is 5.92 Å². The summed E-state index contributed by atoms with van der Waals surface area (Å²) in [5.41, 5.74) is 1.33. The van der Waals surface area contributed by atoms with Gasteiger partial charge in [0.25, 0.3) is 0 Å². The van der Waals surface area contributed by atoms with E-state index < -0.39 is 0 Å². The largest absolute Gasteiger partial charge is 0.472 e. The van der Waals surface area contributed by atoms with Crippen molar-refractivity contribution < 1.29 is 4.42 Å². The van der Waals surface area contributed by atoms with E-state index in [2.05, 4.69) is 18.3 Å². The number of rotatable bonds is 6. The molecular weight excluding hydrogens is 222 g/mol. The Labute approximate surface area is 111 Å². The van der Waals surface area contributed by atoms with Gasteiger partial charge in [-0.15, -0.1) is 0 Å². The van der Waals surface area contributed by atoms with Crippen LogP contribution < -0.4 is 5.32 Å². The minimum atomic E-state index is 0.492. The number of furan rings is 1. The van der Waals surface area contributed by atoms with E-state index in [0.29, 0.717) is 6.04 Å². The first kappa shape index (κ1) is 13.7. The second-order valence-corrected chi connectivity index (χ2v) is 5.66. The van der Waals surface area contributed by atoms with Gasteiger partial charge in [0.05, 0.1) is 12.5 Å².